The molecule has 0 radical (unpaired) electrons. The zero-order valence-electron chi connectivity index (χ0n) is 8.78. The van der Waals surface area contributed by atoms with Gasteiger partial charge in [-0.05, 0) is 19.3 Å². The van der Waals surface area contributed by atoms with Crippen LogP contribution < -0.4 is 5.73 Å². The van der Waals surface area contributed by atoms with Crippen LogP contribution in [0.3, 0.4) is 0 Å². The molecule has 1 aliphatic carbocycles. The molecule has 0 aromatic heterocycles. The molecule has 1 unspecified atom stereocenters. The van der Waals surface area contributed by atoms with Crippen molar-refractivity contribution in [3.63, 3.8) is 0 Å². The van der Waals surface area contributed by atoms with E-state index in [4.69, 9.17) is 10.5 Å². The van der Waals surface area contributed by atoms with E-state index in [1.807, 2.05) is 0 Å². The first-order chi connectivity index (χ1) is 6.81. The summed E-state index contributed by atoms with van der Waals surface area (Å²) in [5.74, 6) is 0.725. The second-order valence-corrected chi connectivity index (χ2v) is 4.05. The Balaban J connectivity index is 1.98. The van der Waals surface area contributed by atoms with Crippen LogP contribution in [0.5, 0.6) is 0 Å². The third kappa shape index (κ3) is 2.18. The van der Waals surface area contributed by atoms with Crippen LogP contribution in [0.25, 0.3) is 0 Å². The van der Waals surface area contributed by atoms with Crippen molar-refractivity contribution in [2.45, 2.75) is 38.3 Å². The molecule has 0 bridgehead atoms. The summed E-state index contributed by atoms with van der Waals surface area (Å²) in [4.78, 5) is 6.67. The summed E-state index contributed by atoms with van der Waals surface area (Å²) in [6, 6.07) is 0.932. The maximum atomic E-state index is 5.98. The van der Waals surface area contributed by atoms with Crippen LogP contribution in [0, 0.1) is 0 Å². The van der Waals surface area contributed by atoms with Gasteiger partial charge in [-0.1, -0.05) is 6.92 Å². The van der Waals surface area contributed by atoms with Gasteiger partial charge in [-0.3, -0.25) is 0 Å². The molecule has 1 heterocycles. The smallest absolute Gasteiger partial charge is 0.191 e. The Bertz CT molecular complexity index is 225. The molecule has 2 rings (SSSR count). The first-order valence-corrected chi connectivity index (χ1v) is 5.49. The largest absolute Gasteiger partial charge is 0.377 e. The van der Waals surface area contributed by atoms with Crippen molar-refractivity contribution in [2.24, 2.45) is 10.7 Å². The lowest BCUT2D eigenvalue weighted by atomic mass is 10.2. The van der Waals surface area contributed by atoms with Gasteiger partial charge in [-0.25, -0.2) is 4.99 Å². The zero-order valence-corrected chi connectivity index (χ0v) is 8.78. The van der Waals surface area contributed by atoms with Crippen molar-refractivity contribution < 1.29 is 4.74 Å². The van der Waals surface area contributed by atoms with Gasteiger partial charge in [0.25, 0.3) is 0 Å². The molecular weight excluding hydrogens is 178 g/mol. The SMILES string of the molecule is CCC1COCCN1C(N)=NC1CC1. The number of hydrogen-bond acceptors (Lipinski definition) is 2. The molecule has 1 aliphatic heterocycles. The van der Waals surface area contributed by atoms with Gasteiger partial charge < -0.3 is 15.4 Å². The highest BCUT2D eigenvalue weighted by molar-refractivity contribution is 5.78. The van der Waals surface area contributed by atoms with Crippen LogP contribution in [0.2, 0.25) is 0 Å². The molecule has 80 valence electrons. The molecule has 2 aliphatic rings. The highest BCUT2D eigenvalue weighted by Gasteiger charge is 2.26. The summed E-state index contributed by atoms with van der Waals surface area (Å²) in [5.41, 5.74) is 5.98. The fourth-order valence-electron chi connectivity index (χ4n) is 1.76. The Morgan fingerprint density at radius 1 is 1.57 bits per heavy atom. The summed E-state index contributed by atoms with van der Waals surface area (Å²) in [7, 11) is 0. The van der Waals surface area contributed by atoms with Crippen molar-refractivity contribution >= 4 is 5.96 Å². The average Bonchev–Trinajstić information content (AvgIpc) is 3.01. The third-order valence-corrected chi connectivity index (χ3v) is 2.85. The minimum atomic E-state index is 0.422. The molecule has 2 fully saturated rings. The molecular formula is C10H19N3O. The van der Waals surface area contributed by atoms with Crippen molar-refractivity contribution in [1.82, 2.24) is 4.90 Å². The summed E-state index contributed by atoms with van der Waals surface area (Å²) >= 11 is 0. The molecule has 2 N–H and O–H groups in total. The second kappa shape index (κ2) is 4.17. The van der Waals surface area contributed by atoms with E-state index >= 15 is 0 Å². The monoisotopic (exact) mass is 197 g/mol. The lowest BCUT2D eigenvalue weighted by molar-refractivity contribution is 0.0245. The highest BCUT2D eigenvalue weighted by Crippen LogP contribution is 2.24. The minimum Gasteiger partial charge on any atom is -0.377 e. The van der Waals surface area contributed by atoms with Gasteiger partial charge in [0.15, 0.2) is 5.96 Å². The first-order valence-electron chi connectivity index (χ1n) is 5.49. The van der Waals surface area contributed by atoms with Gasteiger partial charge >= 0.3 is 0 Å². The Hall–Kier alpha value is -0.770. The van der Waals surface area contributed by atoms with E-state index in [0.29, 0.717) is 12.1 Å². The number of nitrogens with zero attached hydrogens (tertiary/aromatic N) is 2. The molecule has 0 spiro atoms. The minimum absolute atomic E-state index is 0.422. The number of nitrogens with two attached hydrogens (primary N) is 1. The van der Waals surface area contributed by atoms with Crippen molar-refractivity contribution in [2.75, 3.05) is 19.8 Å². The number of aliphatic imine (C=N–C) groups is 1. The normalized spacial score (nSPS) is 29.4. The Morgan fingerprint density at radius 2 is 2.36 bits per heavy atom. The van der Waals surface area contributed by atoms with Crippen LogP contribution in [0.4, 0.5) is 0 Å². The molecule has 1 saturated carbocycles. The molecule has 1 saturated heterocycles. The van der Waals surface area contributed by atoms with Gasteiger partial charge in [0, 0.05) is 6.54 Å². The van der Waals surface area contributed by atoms with Crippen molar-refractivity contribution in [3.05, 3.63) is 0 Å². The average molecular weight is 197 g/mol. The Labute approximate surface area is 85.1 Å². The van der Waals surface area contributed by atoms with E-state index in [1.165, 1.54) is 12.8 Å². The van der Waals surface area contributed by atoms with Crippen molar-refractivity contribution in [3.8, 4) is 0 Å². The fraction of sp³-hybridized carbons (Fsp3) is 0.900. The number of guanidine groups is 1. The molecule has 1 atom stereocenters. The summed E-state index contributed by atoms with van der Waals surface area (Å²) in [5, 5.41) is 0. The highest BCUT2D eigenvalue weighted by atomic mass is 16.5. The van der Waals surface area contributed by atoms with Gasteiger partial charge in [0.2, 0.25) is 0 Å². The summed E-state index contributed by atoms with van der Waals surface area (Å²) in [6.07, 6.45) is 3.49. The first kappa shape index (κ1) is 9.77. The molecule has 4 nitrogen and oxygen atoms in total. The van der Waals surface area contributed by atoms with Gasteiger partial charge in [0.1, 0.15) is 0 Å². The lowest BCUT2D eigenvalue weighted by Gasteiger charge is -2.35. The second-order valence-electron chi connectivity index (χ2n) is 4.05. The fourth-order valence-corrected chi connectivity index (χ4v) is 1.76. The van der Waals surface area contributed by atoms with Gasteiger partial charge in [0.05, 0.1) is 25.3 Å². The maximum absolute atomic E-state index is 5.98. The van der Waals surface area contributed by atoms with Gasteiger partial charge in [-0.15, -0.1) is 0 Å². The van der Waals surface area contributed by atoms with E-state index < -0.39 is 0 Å². The standard InChI is InChI=1S/C10H19N3O/c1-2-9-7-14-6-5-13(9)10(11)12-8-3-4-8/h8-9H,2-7H2,1H3,(H2,11,12). The molecule has 0 aromatic carbocycles. The number of morpholine rings is 1. The van der Waals surface area contributed by atoms with Gasteiger partial charge in [-0.2, -0.15) is 0 Å². The topological polar surface area (TPSA) is 50.9 Å². The van der Waals surface area contributed by atoms with Crippen LogP contribution >= 0.6 is 0 Å². The molecule has 14 heavy (non-hydrogen) atoms. The van der Waals surface area contributed by atoms with E-state index in [2.05, 4.69) is 16.8 Å². The van der Waals surface area contributed by atoms with E-state index in [0.717, 1.165) is 32.1 Å². The van der Waals surface area contributed by atoms with Crippen molar-refractivity contribution in [1.29, 1.82) is 0 Å². The molecule has 4 heteroatoms. The lowest BCUT2D eigenvalue weighted by Crippen LogP contribution is -2.51. The van der Waals surface area contributed by atoms with E-state index in [-0.39, 0.29) is 0 Å². The summed E-state index contributed by atoms with van der Waals surface area (Å²) in [6.45, 7) is 4.62. The van der Waals surface area contributed by atoms with Crippen LogP contribution in [0.1, 0.15) is 26.2 Å². The maximum Gasteiger partial charge on any atom is 0.191 e. The number of rotatable bonds is 2. The Morgan fingerprint density at radius 3 is 3.00 bits per heavy atom. The zero-order chi connectivity index (χ0) is 9.97. The molecule has 0 aromatic rings. The molecule has 0 amide bonds. The predicted octanol–water partition coefficient (Wildman–Crippen LogP) is 0.574. The van der Waals surface area contributed by atoms with E-state index in [9.17, 15) is 0 Å². The van der Waals surface area contributed by atoms with Crippen LogP contribution in [-0.4, -0.2) is 42.7 Å². The number of hydrogen-bond donors (Lipinski definition) is 1. The Kier molecular flexibility index (Phi) is 2.91. The van der Waals surface area contributed by atoms with Crippen LogP contribution in [0.15, 0.2) is 4.99 Å². The third-order valence-electron chi connectivity index (χ3n) is 2.85. The number of ether oxygens (including phenoxy) is 1. The quantitative estimate of drug-likeness (QED) is 0.520. The summed E-state index contributed by atoms with van der Waals surface area (Å²) < 4.78 is 5.42. The van der Waals surface area contributed by atoms with Crippen LogP contribution in [-0.2, 0) is 4.74 Å². The predicted molar refractivity (Wildman–Crippen MR) is 56.2 cm³/mol. The van der Waals surface area contributed by atoms with E-state index in [1.54, 1.807) is 0 Å².